The third kappa shape index (κ3) is 2.42. The molecule has 5 heteroatoms. The predicted molar refractivity (Wildman–Crippen MR) is 68.1 cm³/mol. The van der Waals surface area contributed by atoms with Crippen molar-refractivity contribution >= 4 is 11.6 Å². The van der Waals surface area contributed by atoms with Crippen LogP contribution in [0.1, 0.15) is 10.4 Å². The van der Waals surface area contributed by atoms with E-state index in [0.29, 0.717) is 0 Å². The predicted octanol–water partition coefficient (Wildman–Crippen LogP) is 1.58. The highest BCUT2D eigenvalue weighted by Crippen LogP contribution is 2.23. The third-order valence-corrected chi connectivity index (χ3v) is 3.01. The second-order valence-corrected chi connectivity index (χ2v) is 4.22. The highest BCUT2D eigenvalue weighted by molar-refractivity contribution is 6.17. The number of nitrogens with zero attached hydrogens (tertiary/aromatic N) is 1. The van der Waals surface area contributed by atoms with E-state index in [9.17, 15) is 19.1 Å². The first kappa shape index (κ1) is 13.8. The zero-order valence-electron chi connectivity index (χ0n) is 10.3. The van der Waals surface area contributed by atoms with Crippen molar-refractivity contribution in [3.63, 3.8) is 0 Å². The molecule has 0 saturated carbocycles. The van der Waals surface area contributed by atoms with Gasteiger partial charge in [0.2, 0.25) is 0 Å². The average molecular weight is 271 g/mol. The van der Waals surface area contributed by atoms with Gasteiger partial charge in [-0.25, -0.2) is 4.39 Å². The molecule has 20 heavy (non-hydrogen) atoms. The van der Waals surface area contributed by atoms with E-state index in [0.717, 1.165) is 12.1 Å². The largest absolute Gasteiger partial charge is 0.392 e. The van der Waals surface area contributed by atoms with Crippen molar-refractivity contribution in [2.24, 2.45) is 5.92 Å². The Morgan fingerprint density at radius 1 is 1.35 bits per heavy atom. The van der Waals surface area contributed by atoms with Crippen molar-refractivity contribution in [1.82, 2.24) is 0 Å². The molecule has 1 atom stereocenters. The number of Topliss-reactive ketones (excluding diaryl/α,β-unsaturated/α-hetero) is 2. The SMILES string of the molecule is N#CC1C=CC(C(=O)c2ccc(F)cc2)=C(CO)C1=O. The summed E-state index contributed by atoms with van der Waals surface area (Å²) < 4.78 is 12.8. The molecule has 1 aromatic carbocycles. The van der Waals surface area contributed by atoms with Gasteiger partial charge in [0.1, 0.15) is 11.7 Å². The highest BCUT2D eigenvalue weighted by Gasteiger charge is 2.28. The van der Waals surface area contributed by atoms with E-state index in [-0.39, 0.29) is 16.7 Å². The minimum absolute atomic E-state index is 0.0376. The number of rotatable bonds is 3. The maximum Gasteiger partial charge on any atom is 0.193 e. The first-order valence-corrected chi connectivity index (χ1v) is 5.84. The molecular weight excluding hydrogens is 261 g/mol. The Kier molecular flexibility index (Phi) is 3.87. The van der Waals surface area contributed by atoms with E-state index in [4.69, 9.17) is 5.26 Å². The van der Waals surface area contributed by atoms with E-state index in [1.165, 1.54) is 24.3 Å². The van der Waals surface area contributed by atoms with E-state index in [1.54, 1.807) is 6.07 Å². The minimum atomic E-state index is -0.984. The Labute approximate surface area is 114 Å². The molecule has 1 unspecified atom stereocenters. The van der Waals surface area contributed by atoms with Crippen molar-refractivity contribution in [1.29, 1.82) is 5.26 Å². The van der Waals surface area contributed by atoms with E-state index >= 15 is 0 Å². The molecule has 1 N–H and O–H groups in total. The fraction of sp³-hybridized carbons (Fsp3) is 0.133. The Morgan fingerprint density at radius 3 is 2.55 bits per heavy atom. The summed E-state index contributed by atoms with van der Waals surface area (Å²) in [6.07, 6.45) is 2.67. The quantitative estimate of drug-likeness (QED) is 0.846. The van der Waals surface area contributed by atoms with Crippen LogP contribution in [0.4, 0.5) is 4.39 Å². The first-order valence-electron chi connectivity index (χ1n) is 5.84. The van der Waals surface area contributed by atoms with Gasteiger partial charge in [0.25, 0.3) is 0 Å². The van der Waals surface area contributed by atoms with Gasteiger partial charge in [-0.3, -0.25) is 9.59 Å². The maximum atomic E-state index is 12.8. The number of halogens is 1. The van der Waals surface area contributed by atoms with Crippen molar-refractivity contribution < 1.29 is 19.1 Å². The standard InChI is InChI=1S/C15H10FNO3/c16-11-4-1-9(2-5-11)14(19)12-6-3-10(7-17)15(20)13(12)8-18/h1-6,10,18H,8H2. The van der Waals surface area contributed by atoms with Crippen LogP contribution in [0.3, 0.4) is 0 Å². The van der Waals surface area contributed by atoms with Gasteiger partial charge in [-0.15, -0.1) is 0 Å². The van der Waals surface area contributed by atoms with Gasteiger partial charge in [0.15, 0.2) is 11.6 Å². The molecule has 0 amide bonds. The number of allylic oxidation sites excluding steroid dienone is 3. The monoisotopic (exact) mass is 271 g/mol. The highest BCUT2D eigenvalue weighted by atomic mass is 19.1. The molecule has 0 fully saturated rings. The summed E-state index contributed by atoms with van der Waals surface area (Å²) in [4.78, 5) is 24.1. The number of aliphatic hydroxyl groups is 1. The van der Waals surface area contributed by atoms with Gasteiger partial charge >= 0.3 is 0 Å². The van der Waals surface area contributed by atoms with Crippen LogP contribution in [0.2, 0.25) is 0 Å². The zero-order chi connectivity index (χ0) is 14.7. The molecular formula is C15H10FNO3. The van der Waals surface area contributed by atoms with Gasteiger partial charge in [0.05, 0.1) is 12.7 Å². The lowest BCUT2D eigenvalue weighted by Gasteiger charge is -2.15. The first-order chi connectivity index (χ1) is 9.58. The molecule has 1 aliphatic rings. The molecule has 0 spiro atoms. The van der Waals surface area contributed by atoms with Crippen molar-refractivity contribution in [2.75, 3.05) is 6.61 Å². The smallest absolute Gasteiger partial charge is 0.193 e. The van der Waals surface area contributed by atoms with E-state index in [2.05, 4.69) is 0 Å². The molecule has 2 rings (SSSR count). The Balaban J connectivity index is 2.43. The van der Waals surface area contributed by atoms with Gasteiger partial charge in [-0.05, 0) is 24.3 Å². The molecule has 4 nitrogen and oxygen atoms in total. The molecule has 0 saturated heterocycles. The Bertz CT molecular complexity index is 665. The topological polar surface area (TPSA) is 78.2 Å². The van der Waals surface area contributed by atoms with Crippen LogP contribution < -0.4 is 0 Å². The van der Waals surface area contributed by atoms with Crippen molar-refractivity contribution in [2.45, 2.75) is 0 Å². The lowest BCUT2D eigenvalue weighted by atomic mass is 9.86. The second-order valence-electron chi connectivity index (χ2n) is 4.22. The van der Waals surface area contributed by atoms with Gasteiger partial charge in [-0.2, -0.15) is 5.26 Å². The molecule has 0 aliphatic heterocycles. The summed E-state index contributed by atoms with van der Waals surface area (Å²) in [6.45, 7) is -0.621. The van der Waals surface area contributed by atoms with Gasteiger partial charge < -0.3 is 5.11 Å². The molecule has 1 aromatic rings. The summed E-state index contributed by atoms with van der Waals surface area (Å²) in [7, 11) is 0. The van der Waals surface area contributed by atoms with Crippen LogP contribution in [-0.4, -0.2) is 23.3 Å². The van der Waals surface area contributed by atoms with Crippen LogP contribution in [0, 0.1) is 23.1 Å². The number of hydrogen-bond donors (Lipinski definition) is 1. The number of aliphatic hydroxyl groups excluding tert-OH is 1. The minimum Gasteiger partial charge on any atom is -0.392 e. The Hall–Kier alpha value is -2.58. The summed E-state index contributed by atoms with van der Waals surface area (Å²) in [5, 5.41) is 18.0. The third-order valence-electron chi connectivity index (χ3n) is 3.01. The van der Waals surface area contributed by atoms with Crippen LogP contribution >= 0.6 is 0 Å². The lowest BCUT2D eigenvalue weighted by molar-refractivity contribution is -0.117. The normalized spacial score (nSPS) is 18.1. The molecule has 0 radical (unpaired) electrons. The molecule has 100 valence electrons. The van der Waals surface area contributed by atoms with E-state index < -0.39 is 29.9 Å². The fourth-order valence-corrected chi connectivity index (χ4v) is 1.94. The zero-order valence-corrected chi connectivity index (χ0v) is 10.3. The fourth-order valence-electron chi connectivity index (χ4n) is 1.94. The van der Waals surface area contributed by atoms with Gasteiger partial charge in [0, 0.05) is 16.7 Å². The van der Waals surface area contributed by atoms with Crippen LogP contribution in [0.25, 0.3) is 0 Å². The van der Waals surface area contributed by atoms with Crippen LogP contribution in [0.5, 0.6) is 0 Å². The molecule has 0 bridgehead atoms. The maximum absolute atomic E-state index is 12.8. The number of carbonyl (C=O) groups is 2. The summed E-state index contributed by atoms with van der Waals surface area (Å²) in [5.41, 5.74) is 0.157. The summed E-state index contributed by atoms with van der Waals surface area (Å²) >= 11 is 0. The van der Waals surface area contributed by atoms with Crippen molar-refractivity contribution in [3.8, 4) is 6.07 Å². The molecule has 0 heterocycles. The number of benzene rings is 1. The van der Waals surface area contributed by atoms with Crippen LogP contribution in [0.15, 0.2) is 47.6 Å². The van der Waals surface area contributed by atoms with E-state index in [1.807, 2.05) is 0 Å². The molecule has 0 aromatic heterocycles. The number of ketones is 2. The number of nitriles is 1. The van der Waals surface area contributed by atoms with Gasteiger partial charge in [-0.1, -0.05) is 12.2 Å². The van der Waals surface area contributed by atoms with Crippen molar-refractivity contribution in [3.05, 3.63) is 58.9 Å². The number of hydrogen-bond acceptors (Lipinski definition) is 4. The summed E-state index contributed by atoms with van der Waals surface area (Å²) in [6, 6.07) is 6.66. The number of carbonyl (C=O) groups excluding carboxylic acids is 2. The van der Waals surface area contributed by atoms with Crippen LogP contribution in [-0.2, 0) is 4.79 Å². The Morgan fingerprint density at radius 2 is 2.00 bits per heavy atom. The second kappa shape index (κ2) is 5.59. The summed E-state index contributed by atoms with van der Waals surface area (Å²) in [5.74, 6) is -2.53. The lowest BCUT2D eigenvalue weighted by Crippen LogP contribution is -2.23. The molecule has 1 aliphatic carbocycles. The average Bonchev–Trinajstić information content (AvgIpc) is 2.47.